The van der Waals surface area contributed by atoms with Crippen LogP contribution in [0.5, 0.6) is 0 Å². The average Bonchev–Trinajstić information content (AvgIpc) is 3.20. The lowest BCUT2D eigenvalue weighted by Crippen LogP contribution is -2.06. The van der Waals surface area contributed by atoms with Crippen LogP contribution in [-0.4, -0.2) is 58.6 Å². The average molecular weight is 674 g/mol. The number of aliphatic imine (C=N–C) groups is 1. The Morgan fingerprint density at radius 2 is 1.00 bits per heavy atom. The van der Waals surface area contributed by atoms with E-state index in [2.05, 4.69) is 45.1 Å². The third kappa shape index (κ3) is 44.6. The van der Waals surface area contributed by atoms with Crippen molar-refractivity contribution >= 4 is 12.0 Å². The van der Waals surface area contributed by atoms with Crippen LogP contribution in [0.2, 0.25) is 0 Å². The highest BCUT2D eigenvalue weighted by molar-refractivity contribution is 6.00. The number of nitrogens with one attached hydrogen (secondary N) is 1. The van der Waals surface area contributed by atoms with Gasteiger partial charge in [-0.2, -0.15) is 10.2 Å². The molecule has 0 aromatic carbocycles. The van der Waals surface area contributed by atoms with E-state index < -0.39 is 0 Å². The number of hydrogen-bond donors (Lipinski definition) is 1. The Kier molecular flexibility index (Phi) is 53.3. The van der Waals surface area contributed by atoms with Crippen molar-refractivity contribution in [1.29, 1.82) is 0 Å². The van der Waals surface area contributed by atoms with Crippen molar-refractivity contribution in [1.82, 2.24) is 40.1 Å². The van der Waals surface area contributed by atoms with Gasteiger partial charge in [-0.25, -0.2) is 9.97 Å². The van der Waals surface area contributed by atoms with E-state index in [4.69, 9.17) is 0 Å². The summed E-state index contributed by atoms with van der Waals surface area (Å²) in [6.45, 7) is 20.0. The standard InChI is InChI=1S/2C6H7NO.C5H5N.3C4H4N2.4C2H6.CH4/c1-5-2-6(8)4-7-3-5;1-5-3-2-4-7-6(5)8;1-2-4-6-5-3-1;1-2-6-4-3-5-1;1-2-5-4-6-3-1;1-2-4-6-5-3-1;4*1-2;/h2-3H,4H2,1H3;2-4H,1H3,(H,7,8);1-5H;3*1-4H;4*1-2H3;1H4. The van der Waals surface area contributed by atoms with Crippen LogP contribution in [0, 0.1) is 6.92 Å². The fourth-order valence-corrected chi connectivity index (χ4v) is 2.19. The summed E-state index contributed by atoms with van der Waals surface area (Å²) in [6, 6.07) is 14.7. The van der Waals surface area contributed by atoms with Gasteiger partial charge in [0.25, 0.3) is 5.56 Å². The summed E-state index contributed by atoms with van der Waals surface area (Å²) >= 11 is 0. The van der Waals surface area contributed by atoms with Gasteiger partial charge in [0.1, 0.15) is 12.9 Å². The van der Waals surface area contributed by atoms with Crippen LogP contribution in [0.1, 0.15) is 75.3 Å². The number of nitrogens with zero attached hydrogens (tertiary/aromatic N) is 8. The van der Waals surface area contributed by atoms with Crippen molar-refractivity contribution in [3.8, 4) is 0 Å². The van der Waals surface area contributed by atoms with Gasteiger partial charge in [0.05, 0.1) is 0 Å². The van der Waals surface area contributed by atoms with Crippen LogP contribution in [-0.2, 0) is 4.79 Å². The molecule has 0 spiro atoms. The highest BCUT2D eigenvalue weighted by Gasteiger charge is 1.98. The number of aromatic amines is 1. The van der Waals surface area contributed by atoms with Crippen LogP contribution in [0.25, 0.3) is 0 Å². The molecule has 11 nitrogen and oxygen atoms in total. The Labute approximate surface area is 295 Å². The summed E-state index contributed by atoms with van der Waals surface area (Å²) in [7, 11) is 0. The SMILES string of the molecule is C.CC.CC.CC.CC.CC1=CC(=O)CN=C1.Cc1ccc[nH]c1=O.c1ccncc1.c1ccnnc1.c1cnccn1.c1cncnc1. The second kappa shape index (κ2) is 49.3. The Bertz CT molecular complexity index is 1140. The van der Waals surface area contributed by atoms with E-state index >= 15 is 0 Å². The summed E-state index contributed by atoms with van der Waals surface area (Å²) in [4.78, 5) is 46.0. The third-order valence-corrected chi connectivity index (χ3v) is 3.95. The second-order valence-electron chi connectivity index (χ2n) is 7.24. The molecule has 49 heavy (non-hydrogen) atoms. The van der Waals surface area contributed by atoms with E-state index in [1.165, 1.54) is 6.33 Å². The molecule has 0 radical (unpaired) electrons. The zero-order chi connectivity index (χ0) is 36.9. The molecule has 0 fully saturated rings. The van der Waals surface area contributed by atoms with E-state index in [0.29, 0.717) is 6.54 Å². The third-order valence-electron chi connectivity index (χ3n) is 3.95. The second-order valence-corrected chi connectivity index (χ2v) is 7.24. The van der Waals surface area contributed by atoms with Crippen molar-refractivity contribution in [2.75, 3.05) is 6.54 Å². The van der Waals surface area contributed by atoms with Gasteiger partial charge in [-0.3, -0.25) is 29.5 Å². The maximum Gasteiger partial charge on any atom is 0.250 e. The molecule has 268 valence electrons. The smallest absolute Gasteiger partial charge is 0.250 e. The lowest BCUT2D eigenvalue weighted by Gasteiger charge is -1.96. The normalized spacial score (nSPS) is 8.94. The maximum absolute atomic E-state index is 10.6. The molecule has 0 aliphatic carbocycles. The summed E-state index contributed by atoms with van der Waals surface area (Å²) in [5.41, 5.74) is 1.70. The molecule has 1 aliphatic heterocycles. The first kappa shape index (κ1) is 52.9. The molecule has 6 heterocycles. The molecule has 0 saturated heterocycles. The predicted octanol–water partition coefficient (Wildman–Crippen LogP) is 8.52. The fraction of sp³-hybridized carbons (Fsp3) is 0.316. The van der Waals surface area contributed by atoms with E-state index in [9.17, 15) is 9.59 Å². The minimum Gasteiger partial charge on any atom is -0.329 e. The molecule has 1 aliphatic rings. The molecule has 6 rings (SSSR count). The lowest BCUT2D eigenvalue weighted by molar-refractivity contribution is -0.113. The minimum atomic E-state index is -0.00694. The zero-order valence-corrected chi connectivity index (χ0v) is 30.3. The number of rotatable bonds is 0. The number of aromatic nitrogens is 8. The van der Waals surface area contributed by atoms with E-state index in [-0.39, 0.29) is 18.8 Å². The molecule has 0 bridgehead atoms. The molecular weight excluding hydrogens is 614 g/mol. The topological polar surface area (TPSA) is 153 Å². The van der Waals surface area contributed by atoms with Crippen molar-refractivity contribution in [3.63, 3.8) is 0 Å². The summed E-state index contributed by atoms with van der Waals surface area (Å²) in [5.74, 6) is 0.102. The summed E-state index contributed by atoms with van der Waals surface area (Å²) < 4.78 is 0. The lowest BCUT2D eigenvalue weighted by atomic mass is 10.2. The fourth-order valence-electron chi connectivity index (χ4n) is 2.19. The van der Waals surface area contributed by atoms with Crippen molar-refractivity contribution in [2.24, 2.45) is 4.99 Å². The Balaban J connectivity index is -0.000000152. The number of dihydropyridines is 1. The molecule has 0 atom stereocenters. The van der Waals surface area contributed by atoms with E-state index in [0.717, 1.165) is 11.1 Å². The highest BCUT2D eigenvalue weighted by Crippen LogP contribution is 1.94. The molecule has 5 aromatic heterocycles. The first-order chi connectivity index (χ1) is 23.6. The Hall–Kier alpha value is -5.58. The van der Waals surface area contributed by atoms with Gasteiger partial charge in [0.2, 0.25) is 0 Å². The van der Waals surface area contributed by atoms with Crippen molar-refractivity contribution < 1.29 is 4.79 Å². The number of carbonyl (C=O) groups is 1. The molecule has 1 N–H and O–H groups in total. The van der Waals surface area contributed by atoms with Gasteiger partial charge in [-0.15, -0.1) is 0 Å². The number of aryl methyl sites for hydroxylation is 1. The van der Waals surface area contributed by atoms with Gasteiger partial charge in [-0.1, -0.05) is 74.9 Å². The molecule has 5 aromatic rings. The van der Waals surface area contributed by atoms with Gasteiger partial charge in [-0.05, 0) is 61.9 Å². The quantitative estimate of drug-likeness (QED) is 0.170. The van der Waals surface area contributed by atoms with Crippen LogP contribution >= 0.6 is 0 Å². The molecule has 0 unspecified atom stereocenters. The van der Waals surface area contributed by atoms with Crippen LogP contribution < -0.4 is 5.56 Å². The highest BCUT2D eigenvalue weighted by atomic mass is 16.1. The predicted molar refractivity (Wildman–Crippen MR) is 206 cm³/mol. The van der Waals surface area contributed by atoms with Gasteiger partial charge >= 0.3 is 0 Å². The monoisotopic (exact) mass is 673 g/mol. The number of carbonyl (C=O) groups excluding carboxylic acids is 1. The zero-order valence-electron chi connectivity index (χ0n) is 30.3. The number of H-pyrrole nitrogens is 1. The largest absolute Gasteiger partial charge is 0.329 e. The van der Waals surface area contributed by atoms with Crippen molar-refractivity contribution in [2.45, 2.75) is 76.7 Å². The first-order valence-electron chi connectivity index (χ1n) is 15.9. The summed E-state index contributed by atoms with van der Waals surface area (Å²) in [5, 5.41) is 7.07. The summed E-state index contributed by atoms with van der Waals surface area (Å²) in [6.07, 6.45) is 23.1. The van der Waals surface area contributed by atoms with Gasteiger partial charge in [0, 0.05) is 79.9 Å². The number of ketones is 1. The Morgan fingerprint density at radius 3 is 1.20 bits per heavy atom. The number of allylic oxidation sites excluding steroid dienone is 1. The maximum atomic E-state index is 10.6. The Morgan fingerprint density at radius 1 is 0.551 bits per heavy atom. The number of hydrogen-bond acceptors (Lipinski definition) is 10. The molecular formula is C38H59N9O2. The van der Waals surface area contributed by atoms with E-state index in [1.807, 2.05) is 92.6 Å². The number of pyridine rings is 2. The van der Waals surface area contributed by atoms with Crippen molar-refractivity contribution in [3.05, 3.63) is 151 Å². The minimum absolute atomic E-state index is 0. The van der Waals surface area contributed by atoms with Gasteiger partial charge in [0.15, 0.2) is 5.78 Å². The van der Waals surface area contributed by atoms with E-state index in [1.54, 1.807) is 106 Å². The molecule has 11 heteroatoms. The van der Waals surface area contributed by atoms with Crippen LogP contribution in [0.15, 0.2) is 144 Å². The van der Waals surface area contributed by atoms with Gasteiger partial charge < -0.3 is 4.98 Å². The molecule has 0 saturated carbocycles. The van der Waals surface area contributed by atoms with Crippen LogP contribution in [0.3, 0.4) is 0 Å². The molecule has 0 amide bonds. The van der Waals surface area contributed by atoms with Crippen LogP contribution in [0.4, 0.5) is 0 Å². The first-order valence-corrected chi connectivity index (χ1v) is 15.9.